The standard InChI is InChI=1S/C16H25NO/c1-4-13-5-7-14(8-6-13)15(18)11-17-10-9-16(2,3)12-17/h5-8,15,18H,4,9-12H2,1-3H3. The number of hydrogen-bond acceptors (Lipinski definition) is 2. The summed E-state index contributed by atoms with van der Waals surface area (Å²) in [7, 11) is 0. The third-order valence-electron chi connectivity index (χ3n) is 3.96. The molecule has 18 heavy (non-hydrogen) atoms. The molecule has 2 nitrogen and oxygen atoms in total. The van der Waals surface area contributed by atoms with Crippen LogP contribution in [0.2, 0.25) is 0 Å². The van der Waals surface area contributed by atoms with E-state index in [1.165, 1.54) is 12.0 Å². The lowest BCUT2D eigenvalue weighted by molar-refractivity contribution is 0.121. The average molecular weight is 247 g/mol. The Hall–Kier alpha value is -0.860. The molecule has 2 rings (SSSR count). The monoisotopic (exact) mass is 247 g/mol. The highest BCUT2D eigenvalue weighted by molar-refractivity contribution is 5.24. The van der Waals surface area contributed by atoms with Crippen LogP contribution in [0, 0.1) is 5.41 Å². The van der Waals surface area contributed by atoms with E-state index in [0.29, 0.717) is 5.41 Å². The van der Waals surface area contributed by atoms with Crippen LogP contribution in [0.15, 0.2) is 24.3 Å². The maximum absolute atomic E-state index is 10.3. The summed E-state index contributed by atoms with van der Waals surface area (Å²) < 4.78 is 0. The molecule has 0 saturated carbocycles. The van der Waals surface area contributed by atoms with Crippen molar-refractivity contribution in [2.45, 2.75) is 39.7 Å². The Balaban J connectivity index is 1.93. The van der Waals surface area contributed by atoms with Gasteiger partial charge in [0.2, 0.25) is 0 Å². The summed E-state index contributed by atoms with van der Waals surface area (Å²) in [5.74, 6) is 0. The highest BCUT2D eigenvalue weighted by Crippen LogP contribution is 2.30. The van der Waals surface area contributed by atoms with Gasteiger partial charge in [0, 0.05) is 13.1 Å². The van der Waals surface area contributed by atoms with Gasteiger partial charge in [0.1, 0.15) is 0 Å². The summed E-state index contributed by atoms with van der Waals surface area (Å²) in [4.78, 5) is 2.37. The minimum Gasteiger partial charge on any atom is -0.387 e. The first-order valence-electron chi connectivity index (χ1n) is 6.99. The lowest BCUT2D eigenvalue weighted by atomic mass is 9.93. The molecule has 0 aromatic heterocycles. The topological polar surface area (TPSA) is 23.5 Å². The van der Waals surface area contributed by atoms with Gasteiger partial charge in [0.15, 0.2) is 0 Å². The third-order valence-corrected chi connectivity index (χ3v) is 3.96. The minimum absolute atomic E-state index is 0.357. The lowest BCUT2D eigenvalue weighted by Gasteiger charge is -2.22. The van der Waals surface area contributed by atoms with Crippen LogP contribution in [0.1, 0.15) is 44.4 Å². The lowest BCUT2D eigenvalue weighted by Crippen LogP contribution is -2.28. The second-order valence-corrected chi connectivity index (χ2v) is 6.26. The summed E-state index contributed by atoms with van der Waals surface area (Å²) in [6, 6.07) is 8.36. The molecule has 0 radical (unpaired) electrons. The van der Waals surface area contributed by atoms with Crippen LogP contribution < -0.4 is 0 Å². The number of benzene rings is 1. The van der Waals surface area contributed by atoms with E-state index in [-0.39, 0.29) is 6.10 Å². The quantitative estimate of drug-likeness (QED) is 0.884. The maximum atomic E-state index is 10.3. The number of aryl methyl sites for hydroxylation is 1. The zero-order valence-corrected chi connectivity index (χ0v) is 11.8. The number of aliphatic hydroxyl groups excluding tert-OH is 1. The first-order chi connectivity index (χ1) is 8.50. The number of likely N-dealkylation sites (tertiary alicyclic amines) is 1. The van der Waals surface area contributed by atoms with Crippen LogP contribution in [0.4, 0.5) is 0 Å². The maximum Gasteiger partial charge on any atom is 0.0916 e. The normalized spacial score (nSPS) is 21.1. The van der Waals surface area contributed by atoms with E-state index in [1.807, 2.05) is 0 Å². The Bertz CT molecular complexity index is 383. The van der Waals surface area contributed by atoms with Gasteiger partial charge in [-0.1, -0.05) is 45.0 Å². The van der Waals surface area contributed by atoms with Gasteiger partial charge in [0.25, 0.3) is 0 Å². The van der Waals surface area contributed by atoms with Crippen molar-refractivity contribution in [2.24, 2.45) is 5.41 Å². The predicted molar refractivity (Wildman–Crippen MR) is 75.6 cm³/mol. The number of hydrogen-bond donors (Lipinski definition) is 1. The molecular formula is C16H25NO. The van der Waals surface area contributed by atoms with Crippen molar-refractivity contribution in [3.8, 4) is 0 Å². The van der Waals surface area contributed by atoms with Gasteiger partial charge in [-0.25, -0.2) is 0 Å². The molecule has 1 fully saturated rings. The number of β-amino-alcohol motifs (C(OH)–C–C–N with tert-alkyl or cyclic N) is 1. The van der Waals surface area contributed by atoms with E-state index < -0.39 is 0 Å². The number of rotatable bonds is 4. The molecule has 0 bridgehead atoms. The van der Waals surface area contributed by atoms with Crippen molar-refractivity contribution >= 4 is 0 Å². The van der Waals surface area contributed by atoms with Crippen molar-refractivity contribution in [3.63, 3.8) is 0 Å². The van der Waals surface area contributed by atoms with Crippen molar-refractivity contribution in [2.75, 3.05) is 19.6 Å². The van der Waals surface area contributed by atoms with Gasteiger partial charge in [-0.3, -0.25) is 4.90 Å². The van der Waals surface area contributed by atoms with Crippen LogP contribution in [-0.2, 0) is 6.42 Å². The Morgan fingerprint density at radius 1 is 1.28 bits per heavy atom. The summed E-state index contributed by atoms with van der Waals surface area (Å²) in [5, 5.41) is 10.3. The SMILES string of the molecule is CCc1ccc(C(O)CN2CCC(C)(C)C2)cc1. The smallest absolute Gasteiger partial charge is 0.0916 e. The van der Waals surface area contributed by atoms with Gasteiger partial charge in [-0.2, -0.15) is 0 Å². The molecule has 1 aliphatic heterocycles. The van der Waals surface area contributed by atoms with Crippen LogP contribution in [-0.4, -0.2) is 29.6 Å². The largest absolute Gasteiger partial charge is 0.387 e. The first-order valence-corrected chi connectivity index (χ1v) is 6.99. The summed E-state index contributed by atoms with van der Waals surface area (Å²) in [6.07, 6.45) is 1.93. The number of nitrogens with zero attached hydrogens (tertiary/aromatic N) is 1. The van der Waals surface area contributed by atoms with Crippen molar-refractivity contribution in [1.82, 2.24) is 4.90 Å². The third kappa shape index (κ3) is 3.33. The molecule has 1 heterocycles. The molecule has 100 valence electrons. The highest BCUT2D eigenvalue weighted by Gasteiger charge is 2.30. The molecule has 1 aromatic rings. The van der Waals surface area contributed by atoms with E-state index in [2.05, 4.69) is 49.9 Å². The molecular weight excluding hydrogens is 222 g/mol. The molecule has 1 aliphatic rings. The second-order valence-electron chi connectivity index (χ2n) is 6.26. The van der Waals surface area contributed by atoms with Crippen LogP contribution in [0.25, 0.3) is 0 Å². The fourth-order valence-electron chi connectivity index (χ4n) is 2.71. The van der Waals surface area contributed by atoms with E-state index >= 15 is 0 Å². The van der Waals surface area contributed by atoms with Crippen LogP contribution >= 0.6 is 0 Å². The fourth-order valence-corrected chi connectivity index (χ4v) is 2.71. The molecule has 1 aromatic carbocycles. The summed E-state index contributed by atoms with van der Waals surface area (Å²) >= 11 is 0. The van der Waals surface area contributed by atoms with Crippen LogP contribution in [0.5, 0.6) is 0 Å². The van der Waals surface area contributed by atoms with E-state index in [4.69, 9.17) is 0 Å². The van der Waals surface area contributed by atoms with Crippen molar-refractivity contribution < 1.29 is 5.11 Å². The minimum atomic E-state index is -0.357. The summed E-state index contributed by atoms with van der Waals surface area (Å²) in [6.45, 7) is 9.71. The van der Waals surface area contributed by atoms with Crippen LogP contribution in [0.3, 0.4) is 0 Å². The number of aliphatic hydroxyl groups is 1. The highest BCUT2D eigenvalue weighted by atomic mass is 16.3. The van der Waals surface area contributed by atoms with Gasteiger partial charge in [0.05, 0.1) is 6.10 Å². The Labute approximate surface area is 111 Å². The Morgan fingerprint density at radius 2 is 1.94 bits per heavy atom. The first kappa shape index (κ1) is 13.6. The average Bonchev–Trinajstić information content (AvgIpc) is 2.68. The predicted octanol–water partition coefficient (Wildman–Crippen LogP) is 3.01. The van der Waals surface area contributed by atoms with E-state index in [9.17, 15) is 5.11 Å². The molecule has 2 heteroatoms. The molecule has 1 unspecified atom stereocenters. The second kappa shape index (κ2) is 5.41. The molecule has 1 saturated heterocycles. The van der Waals surface area contributed by atoms with E-state index in [0.717, 1.165) is 31.6 Å². The summed E-state index contributed by atoms with van der Waals surface area (Å²) in [5.41, 5.74) is 2.77. The van der Waals surface area contributed by atoms with Crippen molar-refractivity contribution in [3.05, 3.63) is 35.4 Å². The molecule has 0 spiro atoms. The zero-order chi connectivity index (χ0) is 13.2. The van der Waals surface area contributed by atoms with Gasteiger partial charge in [-0.15, -0.1) is 0 Å². The molecule has 1 atom stereocenters. The Morgan fingerprint density at radius 3 is 2.44 bits per heavy atom. The van der Waals surface area contributed by atoms with E-state index in [1.54, 1.807) is 0 Å². The molecule has 0 amide bonds. The molecule has 0 aliphatic carbocycles. The van der Waals surface area contributed by atoms with Gasteiger partial charge in [-0.05, 0) is 35.9 Å². The molecule has 1 N–H and O–H groups in total. The van der Waals surface area contributed by atoms with Gasteiger partial charge >= 0.3 is 0 Å². The van der Waals surface area contributed by atoms with Gasteiger partial charge < -0.3 is 5.11 Å². The Kier molecular flexibility index (Phi) is 4.08. The zero-order valence-electron chi connectivity index (χ0n) is 11.8. The fraction of sp³-hybridized carbons (Fsp3) is 0.625. The van der Waals surface area contributed by atoms with Crippen molar-refractivity contribution in [1.29, 1.82) is 0 Å².